The number of hydrogen-bond acceptors (Lipinski definition) is 3. The Morgan fingerprint density at radius 1 is 1.27 bits per heavy atom. The number of hydrogen-bond donors (Lipinski definition) is 0. The molecule has 0 heterocycles. The maximum atomic E-state index is 11.9. The average Bonchev–Trinajstić information content (AvgIpc) is 1.99. The lowest BCUT2D eigenvalue weighted by Gasteiger charge is -2.02. The summed E-state index contributed by atoms with van der Waals surface area (Å²) in [5, 5.41) is 0.351. The number of benzene rings is 1. The topological polar surface area (TPSA) is 63.6 Å². The molecule has 0 saturated heterocycles. The van der Waals surface area contributed by atoms with Crippen LogP contribution in [0, 0.1) is 0 Å². The number of rotatable bonds is 2. The first-order chi connectivity index (χ1) is 6.71. The molecule has 0 aliphatic rings. The van der Waals surface area contributed by atoms with Gasteiger partial charge in [-0.2, -0.15) is 8.42 Å². The van der Waals surface area contributed by atoms with Crippen LogP contribution in [0.25, 0.3) is 0 Å². The smallest absolute Gasteiger partial charge is 0.244 e. The molecule has 0 amide bonds. The third-order valence-corrected chi connectivity index (χ3v) is 5.19. The van der Waals surface area contributed by atoms with Gasteiger partial charge in [0.1, 0.15) is 0 Å². The second-order valence-corrected chi connectivity index (χ2v) is 7.85. The lowest BCUT2D eigenvalue weighted by Crippen LogP contribution is -2.00. The minimum absolute atomic E-state index is 0.222. The quantitative estimate of drug-likeness (QED) is 0.784. The third kappa shape index (κ3) is 3.98. The zero-order valence-electron chi connectivity index (χ0n) is 7.55. The summed E-state index contributed by atoms with van der Waals surface area (Å²) in [4.78, 5) is 0.222. The number of halogens is 2. The maximum Gasteiger partial charge on any atom is 0.347 e. The minimum atomic E-state index is -4.16. The van der Waals surface area contributed by atoms with Gasteiger partial charge in [0, 0.05) is 26.9 Å². The molecule has 0 aliphatic heterocycles. The second-order valence-electron chi connectivity index (χ2n) is 2.75. The first-order valence-corrected chi connectivity index (χ1v) is 8.21. The molecule has 0 fully saturated rings. The molecular weight excluding hydrogens is 281 g/mol. The molecule has 1 rings (SSSR count). The van der Waals surface area contributed by atoms with E-state index in [9.17, 15) is 12.6 Å². The summed E-state index contributed by atoms with van der Waals surface area (Å²) in [5.41, 5.74) is 0. The van der Waals surface area contributed by atoms with Gasteiger partial charge in [-0.1, -0.05) is 21.4 Å². The third-order valence-electron chi connectivity index (χ3n) is 1.46. The van der Waals surface area contributed by atoms with E-state index in [1.165, 1.54) is 18.4 Å². The first kappa shape index (κ1) is 12.8. The van der Waals surface area contributed by atoms with Crippen molar-refractivity contribution < 1.29 is 12.6 Å². The van der Waals surface area contributed by atoms with Gasteiger partial charge in [-0.15, -0.1) is 0 Å². The molecular formula is C7H7Cl2NO3S2. The molecule has 0 spiro atoms. The highest BCUT2D eigenvalue weighted by molar-refractivity contribution is 8.17. The predicted molar refractivity (Wildman–Crippen MR) is 61.0 cm³/mol. The summed E-state index contributed by atoms with van der Waals surface area (Å²) in [6, 6.07) is 5.99. The molecule has 0 unspecified atom stereocenters. The molecule has 0 bridgehead atoms. The van der Waals surface area contributed by atoms with Crippen molar-refractivity contribution in [3.05, 3.63) is 29.3 Å². The van der Waals surface area contributed by atoms with Crippen LogP contribution in [-0.2, 0) is 19.0 Å². The predicted octanol–water partition coefficient (Wildman–Crippen LogP) is 2.28. The lowest BCUT2D eigenvalue weighted by molar-refractivity contribution is 0.611. The summed E-state index contributed by atoms with van der Waals surface area (Å²) >= 11 is 5.67. The molecule has 0 aliphatic carbocycles. The van der Waals surface area contributed by atoms with Gasteiger partial charge in [-0.25, -0.2) is 4.21 Å². The van der Waals surface area contributed by atoms with Crippen molar-refractivity contribution in [2.45, 2.75) is 4.90 Å². The van der Waals surface area contributed by atoms with Crippen molar-refractivity contribution in [1.29, 1.82) is 0 Å². The summed E-state index contributed by atoms with van der Waals surface area (Å²) in [5.74, 6) is 0. The Morgan fingerprint density at radius 2 is 1.87 bits per heavy atom. The van der Waals surface area contributed by atoms with E-state index < -0.39 is 19.0 Å². The van der Waals surface area contributed by atoms with Crippen LogP contribution in [0.15, 0.2) is 32.9 Å². The van der Waals surface area contributed by atoms with Crippen molar-refractivity contribution in [3.8, 4) is 0 Å². The Labute approximate surface area is 97.9 Å². The Balaban J connectivity index is 3.43. The van der Waals surface area contributed by atoms with Crippen LogP contribution < -0.4 is 0 Å². The van der Waals surface area contributed by atoms with E-state index in [1.54, 1.807) is 12.1 Å². The Kier molecular flexibility index (Phi) is 3.65. The molecule has 0 N–H and O–H groups in total. The van der Waals surface area contributed by atoms with Gasteiger partial charge >= 0.3 is 9.24 Å². The highest BCUT2D eigenvalue weighted by Crippen LogP contribution is 2.18. The SMILES string of the molecule is C[S@](=O)(=NS(=O)(=O)Cl)c1cccc(Cl)c1. The van der Waals surface area contributed by atoms with E-state index in [2.05, 4.69) is 3.77 Å². The summed E-state index contributed by atoms with van der Waals surface area (Å²) in [7, 11) is -2.33. The molecule has 0 radical (unpaired) electrons. The molecule has 15 heavy (non-hydrogen) atoms. The minimum Gasteiger partial charge on any atom is -0.244 e. The maximum absolute atomic E-state index is 11.9. The van der Waals surface area contributed by atoms with E-state index >= 15 is 0 Å². The van der Waals surface area contributed by atoms with Crippen molar-refractivity contribution in [2.75, 3.05) is 6.26 Å². The summed E-state index contributed by atoms with van der Waals surface area (Å²) in [6.45, 7) is 0. The van der Waals surface area contributed by atoms with Crippen molar-refractivity contribution >= 4 is 41.2 Å². The van der Waals surface area contributed by atoms with E-state index in [-0.39, 0.29) is 4.90 Å². The van der Waals surface area contributed by atoms with Crippen molar-refractivity contribution in [3.63, 3.8) is 0 Å². The lowest BCUT2D eigenvalue weighted by atomic mass is 10.4. The summed E-state index contributed by atoms with van der Waals surface area (Å²) in [6.07, 6.45) is 1.18. The molecule has 4 nitrogen and oxygen atoms in total. The van der Waals surface area contributed by atoms with Crippen LogP contribution in [-0.4, -0.2) is 18.9 Å². The van der Waals surface area contributed by atoms with Crippen LogP contribution in [0.1, 0.15) is 0 Å². The fraction of sp³-hybridized carbons (Fsp3) is 0.143. The fourth-order valence-corrected chi connectivity index (χ4v) is 4.52. The zero-order valence-corrected chi connectivity index (χ0v) is 10.7. The molecule has 1 atom stereocenters. The van der Waals surface area contributed by atoms with Crippen LogP contribution in [0.5, 0.6) is 0 Å². The highest BCUT2D eigenvalue weighted by Gasteiger charge is 2.11. The van der Waals surface area contributed by atoms with Crippen LogP contribution in [0.2, 0.25) is 5.02 Å². The van der Waals surface area contributed by atoms with Crippen LogP contribution >= 0.6 is 22.3 Å². The van der Waals surface area contributed by atoms with Crippen LogP contribution in [0.4, 0.5) is 0 Å². The van der Waals surface area contributed by atoms with E-state index in [0.29, 0.717) is 5.02 Å². The van der Waals surface area contributed by atoms with Crippen molar-refractivity contribution in [1.82, 2.24) is 0 Å². The first-order valence-electron chi connectivity index (χ1n) is 3.64. The van der Waals surface area contributed by atoms with Gasteiger partial charge < -0.3 is 0 Å². The van der Waals surface area contributed by atoms with Gasteiger partial charge in [0.25, 0.3) is 0 Å². The Hall–Kier alpha value is -0.300. The normalized spacial score (nSPS) is 15.7. The van der Waals surface area contributed by atoms with Gasteiger partial charge in [-0.3, -0.25) is 0 Å². The Morgan fingerprint density at radius 3 is 2.33 bits per heavy atom. The largest absolute Gasteiger partial charge is 0.347 e. The molecule has 84 valence electrons. The van der Waals surface area contributed by atoms with E-state index in [0.717, 1.165) is 0 Å². The van der Waals surface area contributed by atoms with Crippen LogP contribution in [0.3, 0.4) is 0 Å². The van der Waals surface area contributed by atoms with Gasteiger partial charge in [0.15, 0.2) is 0 Å². The van der Waals surface area contributed by atoms with Crippen molar-refractivity contribution in [2.24, 2.45) is 3.77 Å². The summed E-state index contributed by atoms with van der Waals surface area (Å²) < 4.78 is 36.3. The zero-order chi connectivity index (χ0) is 11.7. The van der Waals surface area contributed by atoms with E-state index in [4.69, 9.17) is 22.3 Å². The van der Waals surface area contributed by atoms with E-state index in [1.807, 2.05) is 0 Å². The molecule has 8 heteroatoms. The molecule has 0 aromatic heterocycles. The van der Waals surface area contributed by atoms with Gasteiger partial charge in [-0.05, 0) is 18.2 Å². The van der Waals surface area contributed by atoms with Gasteiger partial charge in [0.05, 0.1) is 9.73 Å². The molecule has 1 aromatic carbocycles. The average molecular weight is 288 g/mol. The monoisotopic (exact) mass is 287 g/mol. The highest BCUT2D eigenvalue weighted by atomic mass is 35.7. The number of nitrogens with zero attached hydrogens (tertiary/aromatic N) is 1. The van der Waals surface area contributed by atoms with Gasteiger partial charge in [0.2, 0.25) is 0 Å². The second kappa shape index (κ2) is 4.29. The Bertz CT molecular complexity index is 588. The molecule has 0 saturated carbocycles. The molecule has 1 aromatic rings. The standard InChI is InChI=1S/C7H7Cl2NO3S2/c1-14(11,10-15(9,12)13)7-4-2-3-6(8)5-7/h2-5H,1H3/t14-/m1/s1. The fourth-order valence-electron chi connectivity index (χ4n) is 0.916.